The number of hydrogen-bond donors (Lipinski definition) is 0. The molecule has 0 bridgehead atoms. The SMILES string of the molecule is C[Si]C.Cc1cc(C)c2cc(C)[cH-]c2c1.Cc1cc(C)c2cc(C)[cH-]c2c1.[Cl][Zr+2][Cl]. The maximum atomic E-state index is 4.93. The molecule has 0 aromatic heterocycles. The average molecular weight is 535 g/mol. The molecule has 4 rings (SSSR count). The summed E-state index contributed by atoms with van der Waals surface area (Å²) in [7, 11) is 11.0. The normalized spacial score (nSPS) is 9.67. The minimum absolute atomic E-state index is 0.826. The van der Waals surface area contributed by atoms with E-state index in [-0.39, 0.29) is 0 Å². The van der Waals surface area contributed by atoms with E-state index in [2.05, 4.69) is 103 Å². The third-order valence-electron chi connectivity index (χ3n) is 4.64. The van der Waals surface area contributed by atoms with E-state index in [1.54, 1.807) is 0 Å². The first kappa shape index (κ1) is 27.4. The predicted octanol–water partition coefficient (Wildman–Crippen LogP) is 9.13. The maximum absolute atomic E-state index is 4.93. The Bertz CT molecular complexity index is 974. The van der Waals surface area contributed by atoms with Crippen molar-refractivity contribution < 1.29 is 20.8 Å². The molecule has 0 aliphatic heterocycles. The summed E-state index contributed by atoms with van der Waals surface area (Å²) >= 11 is -0.826. The molecule has 4 aromatic carbocycles. The first-order valence-corrected chi connectivity index (χ1v) is 18.3. The Morgan fingerprint density at radius 1 is 0.633 bits per heavy atom. The summed E-state index contributed by atoms with van der Waals surface area (Å²) in [6.45, 7) is 17.2. The van der Waals surface area contributed by atoms with Crippen molar-refractivity contribution in [1.29, 1.82) is 0 Å². The monoisotopic (exact) mass is 532 g/mol. The zero-order valence-electron chi connectivity index (χ0n) is 19.4. The standard InChI is InChI=1S/2C12H13.C2H6Si.2ClH.Zr/c2*1-8-4-10(3)12-7-9(2)6-11(12)5-8;1-3-2;;;/h2*4-7H,1-3H3;1-2H3;2*1H;/q2*-1;;;;+4/p-2. The molecule has 0 saturated carbocycles. The van der Waals surface area contributed by atoms with Gasteiger partial charge in [-0.1, -0.05) is 61.3 Å². The Morgan fingerprint density at radius 3 is 1.23 bits per heavy atom. The second kappa shape index (κ2) is 13.7. The summed E-state index contributed by atoms with van der Waals surface area (Å²) in [5.74, 6) is 0. The van der Waals surface area contributed by atoms with E-state index in [0.29, 0.717) is 0 Å². The van der Waals surface area contributed by atoms with E-state index in [4.69, 9.17) is 17.0 Å². The van der Waals surface area contributed by atoms with Gasteiger partial charge in [-0.15, -0.1) is 56.9 Å². The van der Waals surface area contributed by atoms with Crippen LogP contribution < -0.4 is 0 Å². The van der Waals surface area contributed by atoms with Crippen LogP contribution in [0.4, 0.5) is 0 Å². The number of rotatable bonds is 0. The Balaban J connectivity index is 0.000000239. The minimum atomic E-state index is -0.826. The van der Waals surface area contributed by atoms with Crippen molar-refractivity contribution in [3.05, 3.63) is 81.9 Å². The van der Waals surface area contributed by atoms with Crippen LogP contribution in [0.15, 0.2) is 48.5 Å². The van der Waals surface area contributed by atoms with Gasteiger partial charge in [-0.25, -0.2) is 0 Å². The number of halogens is 2. The van der Waals surface area contributed by atoms with Crippen molar-refractivity contribution in [2.24, 2.45) is 0 Å². The molecular weight excluding hydrogens is 503 g/mol. The molecular formula is C26H32Cl2SiZr. The van der Waals surface area contributed by atoms with Crippen molar-refractivity contribution in [2.75, 3.05) is 0 Å². The third kappa shape index (κ3) is 8.46. The van der Waals surface area contributed by atoms with Crippen LogP contribution in [0.25, 0.3) is 21.5 Å². The summed E-state index contributed by atoms with van der Waals surface area (Å²) in [4.78, 5) is 0. The molecule has 0 atom stereocenters. The Labute approximate surface area is 204 Å². The summed E-state index contributed by atoms with van der Waals surface area (Å²) in [6, 6.07) is 18.0. The average Bonchev–Trinajstić information content (AvgIpc) is 3.18. The molecule has 0 saturated heterocycles. The van der Waals surface area contributed by atoms with Crippen LogP contribution in [0, 0.1) is 41.5 Å². The van der Waals surface area contributed by atoms with Crippen LogP contribution in [-0.4, -0.2) is 9.52 Å². The first-order chi connectivity index (χ1) is 14.2. The number of hydrogen-bond acceptors (Lipinski definition) is 0. The number of benzene rings is 2. The molecule has 0 nitrogen and oxygen atoms in total. The summed E-state index contributed by atoms with van der Waals surface area (Å²) in [5, 5.41) is 5.56. The molecule has 0 aliphatic rings. The van der Waals surface area contributed by atoms with E-state index in [0.717, 1.165) is 9.52 Å². The van der Waals surface area contributed by atoms with Gasteiger partial charge in [0, 0.05) is 9.52 Å². The fraction of sp³-hybridized carbons (Fsp3) is 0.308. The van der Waals surface area contributed by atoms with Gasteiger partial charge in [-0.05, 0) is 27.7 Å². The van der Waals surface area contributed by atoms with Crippen molar-refractivity contribution in [3.63, 3.8) is 0 Å². The second-order valence-corrected chi connectivity index (χ2v) is 12.5. The molecule has 4 heteroatoms. The van der Waals surface area contributed by atoms with E-state index in [9.17, 15) is 0 Å². The van der Waals surface area contributed by atoms with Crippen LogP contribution in [0.3, 0.4) is 0 Å². The van der Waals surface area contributed by atoms with Crippen molar-refractivity contribution in [1.82, 2.24) is 0 Å². The van der Waals surface area contributed by atoms with Crippen LogP contribution in [0.2, 0.25) is 13.1 Å². The molecule has 0 aliphatic carbocycles. The Kier molecular flexibility index (Phi) is 12.5. The van der Waals surface area contributed by atoms with Crippen molar-refractivity contribution in [2.45, 2.75) is 54.6 Å². The van der Waals surface area contributed by atoms with E-state index in [1.807, 2.05) is 0 Å². The van der Waals surface area contributed by atoms with Gasteiger partial charge in [0.2, 0.25) is 0 Å². The van der Waals surface area contributed by atoms with Crippen LogP contribution in [0.1, 0.15) is 33.4 Å². The molecule has 4 aromatic rings. The van der Waals surface area contributed by atoms with E-state index in [1.165, 1.54) is 54.9 Å². The molecule has 0 fully saturated rings. The van der Waals surface area contributed by atoms with Gasteiger partial charge in [0.1, 0.15) is 0 Å². The number of aryl methyl sites for hydroxylation is 6. The molecule has 0 spiro atoms. The molecule has 30 heavy (non-hydrogen) atoms. The fourth-order valence-corrected chi connectivity index (χ4v) is 3.69. The van der Waals surface area contributed by atoms with Crippen molar-refractivity contribution in [3.8, 4) is 0 Å². The van der Waals surface area contributed by atoms with Gasteiger partial charge in [0.25, 0.3) is 0 Å². The fourth-order valence-electron chi connectivity index (χ4n) is 3.69. The van der Waals surface area contributed by atoms with Crippen molar-refractivity contribution >= 4 is 48.1 Å². The quantitative estimate of drug-likeness (QED) is 0.156. The van der Waals surface area contributed by atoms with Crippen LogP contribution in [-0.2, 0) is 20.8 Å². The first-order valence-electron chi connectivity index (χ1n) is 10.00. The molecule has 0 amide bonds. The summed E-state index contributed by atoms with van der Waals surface area (Å²) < 4.78 is 0. The molecule has 158 valence electrons. The van der Waals surface area contributed by atoms with Gasteiger partial charge in [-0.3, -0.25) is 0 Å². The number of fused-ring (bicyclic) bond motifs is 2. The molecule has 2 radical (unpaired) electrons. The second-order valence-electron chi connectivity index (χ2n) is 7.81. The Hall–Kier alpha value is -0.660. The van der Waals surface area contributed by atoms with Gasteiger partial charge in [-0.2, -0.15) is 12.1 Å². The van der Waals surface area contributed by atoms with E-state index < -0.39 is 20.8 Å². The third-order valence-corrected chi connectivity index (χ3v) is 4.64. The summed E-state index contributed by atoms with van der Waals surface area (Å²) in [6.07, 6.45) is 0. The molecule has 0 heterocycles. The zero-order chi connectivity index (χ0) is 22.8. The van der Waals surface area contributed by atoms with Crippen LogP contribution in [0.5, 0.6) is 0 Å². The molecule has 0 unspecified atom stereocenters. The van der Waals surface area contributed by atoms with Gasteiger partial charge in [0.05, 0.1) is 0 Å². The van der Waals surface area contributed by atoms with E-state index >= 15 is 0 Å². The zero-order valence-corrected chi connectivity index (χ0v) is 24.3. The van der Waals surface area contributed by atoms with Crippen LogP contribution >= 0.6 is 17.0 Å². The predicted molar refractivity (Wildman–Crippen MR) is 137 cm³/mol. The van der Waals surface area contributed by atoms with Gasteiger partial charge >= 0.3 is 37.9 Å². The topological polar surface area (TPSA) is 0 Å². The van der Waals surface area contributed by atoms with Gasteiger partial charge < -0.3 is 0 Å². The summed E-state index contributed by atoms with van der Waals surface area (Å²) in [5.41, 5.74) is 8.20. The van der Waals surface area contributed by atoms with Gasteiger partial charge in [0.15, 0.2) is 0 Å². The Morgan fingerprint density at radius 2 is 0.933 bits per heavy atom. The molecule has 0 N–H and O–H groups in total.